The molecule has 3 rings (SSSR count). The summed E-state index contributed by atoms with van der Waals surface area (Å²) in [6.07, 6.45) is 2.09. The molecule has 1 aromatic heterocycles. The first-order valence-corrected chi connectivity index (χ1v) is 8.82. The van der Waals surface area contributed by atoms with Crippen LogP contribution in [0.15, 0.2) is 58.1 Å². The molecule has 0 aliphatic heterocycles. The monoisotopic (exact) mass is 369 g/mol. The topological polar surface area (TPSA) is 84.0 Å². The van der Waals surface area contributed by atoms with E-state index in [1.807, 2.05) is 0 Å². The number of hydrogen-bond donors (Lipinski definition) is 2. The maximum Gasteiger partial charge on any atom is 0.328 e. The molecule has 2 N–H and O–H groups in total. The molecule has 0 spiro atoms. The molecule has 0 bridgehead atoms. The van der Waals surface area contributed by atoms with Crippen LogP contribution in [0.5, 0.6) is 0 Å². The third-order valence-corrected chi connectivity index (χ3v) is 4.32. The SMILES string of the molecule is O=C(CCCCCn1c(=O)[nH]c2ccccc2c1=O)Nc1ccccc1F. The van der Waals surface area contributed by atoms with E-state index in [0.29, 0.717) is 30.2 Å². The number of nitrogens with one attached hydrogen (secondary N) is 2. The summed E-state index contributed by atoms with van der Waals surface area (Å²) in [5, 5.41) is 3.01. The van der Waals surface area contributed by atoms with Crippen molar-refractivity contribution in [3.05, 3.63) is 75.2 Å². The Morgan fingerprint density at radius 3 is 2.56 bits per heavy atom. The normalized spacial score (nSPS) is 10.9. The zero-order chi connectivity index (χ0) is 19.2. The number of nitrogens with zero attached hydrogens (tertiary/aromatic N) is 1. The van der Waals surface area contributed by atoms with Crippen molar-refractivity contribution in [3.8, 4) is 0 Å². The molecule has 7 heteroatoms. The number of hydrogen-bond acceptors (Lipinski definition) is 3. The minimum absolute atomic E-state index is 0.164. The number of anilines is 1. The largest absolute Gasteiger partial charge is 0.328 e. The predicted molar refractivity (Wildman–Crippen MR) is 102 cm³/mol. The summed E-state index contributed by atoms with van der Waals surface area (Å²) in [6.45, 7) is 0.286. The average Bonchev–Trinajstić information content (AvgIpc) is 2.65. The first-order valence-electron chi connectivity index (χ1n) is 8.82. The standard InChI is InChI=1S/C20H20FN3O3/c21-15-9-4-6-11-17(15)22-18(25)12-2-1-7-13-24-19(26)14-8-3-5-10-16(14)23-20(24)27/h3-6,8-11H,1-2,7,12-13H2,(H,22,25)(H,23,27). The van der Waals surface area contributed by atoms with Crippen molar-refractivity contribution in [3.63, 3.8) is 0 Å². The number of benzene rings is 2. The zero-order valence-corrected chi connectivity index (χ0v) is 14.7. The second kappa shape index (κ2) is 8.44. The lowest BCUT2D eigenvalue weighted by molar-refractivity contribution is -0.116. The minimum Gasteiger partial charge on any atom is -0.324 e. The van der Waals surface area contributed by atoms with Crippen molar-refractivity contribution >= 4 is 22.5 Å². The lowest BCUT2D eigenvalue weighted by Crippen LogP contribution is -2.35. The second-order valence-electron chi connectivity index (χ2n) is 6.27. The predicted octanol–water partition coefficient (Wildman–Crippen LogP) is 3.03. The van der Waals surface area contributed by atoms with Crippen LogP contribution in [0.2, 0.25) is 0 Å². The van der Waals surface area contributed by atoms with Gasteiger partial charge >= 0.3 is 5.69 Å². The Hall–Kier alpha value is -3.22. The third-order valence-electron chi connectivity index (χ3n) is 4.32. The van der Waals surface area contributed by atoms with Gasteiger partial charge in [0.2, 0.25) is 5.91 Å². The van der Waals surface area contributed by atoms with Crippen molar-refractivity contribution in [1.82, 2.24) is 9.55 Å². The van der Waals surface area contributed by atoms with E-state index < -0.39 is 11.5 Å². The molecule has 6 nitrogen and oxygen atoms in total. The van der Waals surface area contributed by atoms with E-state index >= 15 is 0 Å². The number of para-hydroxylation sites is 2. The molecule has 0 atom stereocenters. The molecule has 2 aromatic carbocycles. The van der Waals surface area contributed by atoms with Crippen LogP contribution in [0.4, 0.5) is 10.1 Å². The highest BCUT2D eigenvalue weighted by Gasteiger charge is 2.08. The highest BCUT2D eigenvalue weighted by molar-refractivity contribution is 5.90. The average molecular weight is 369 g/mol. The minimum atomic E-state index is -0.472. The van der Waals surface area contributed by atoms with Gasteiger partial charge in [0.1, 0.15) is 5.82 Å². The molecule has 0 saturated heterocycles. The second-order valence-corrected chi connectivity index (χ2v) is 6.27. The molecule has 0 aliphatic carbocycles. The first-order chi connectivity index (χ1) is 13.1. The summed E-state index contributed by atoms with van der Waals surface area (Å²) in [6, 6.07) is 12.9. The fourth-order valence-corrected chi connectivity index (χ4v) is 2.91. The van der Waals surface area contributed by atoms with E-state index in [1.54, 1.807) is 36.4 Å². The van der Waals surface area contributed by atoms with Crippen LogP contribution >= 0.6 is 0 Å². The van der Waals surface area contributed by atoms with Gasteiger partial charge in [-0.05, 0) is 37.1 Å². The van der Waals surface area contributed by atoms with E-state index in [4.69, 9.17) is 0 Å². The Balaban J connectivity index is 1.50. The fraction of sp³-hybridized carbons (Fsp3) is 0.250. The van der Waals surface area contributed by atoms with E-state index in [0.717, 1.165) is 0 Å². The van der Waals surface area contributed by atoms with Gasteiger partial charge in [-0.15, -0.1) is 0 Å². The van der Waals surface area contributed by atoms with Crippen LogP contribution in [0.1, 0.15) is 25.7 Å². The van der Waals surface area contributed by atoms with Crippen molar-refractivity contribution < 1.29 is 9.18 Å². The van der Waals surface area contributed by atoms with Gasteiger partial charge in [0.25, 0.3) is 5.56 Å². The highest BCUT2D eigenvalue weighted by atomic mass is 19.1. The first kappa shape index (κ1) is 18.6. The molecule has 0 radical (unpaired) electrons. The fourth-order valence-electron chi connectivity index (χ4n) is 2.91. The molecule has 0 fully saturated rings. The number of carbonyl (C=O) groups is 1. The van der Waals surface area contributed by atoms with Gasteiger partial charge in [-0.25, -0.2) is 9.18 Å². The molecule has 3 aromatic rings. The molecular weight excluding hydrogens is 349 g/mol. The van der Waals surface area contributed by atoms with Crippen LogP contribution in [-0.4, -0.2) is 15.5 Å². The maximum atomic E-state index is 13.5. The number of halogens is 1. The van der Waals surface area contributed by atoms with Crippen LogP contribution in [-0.2, 0) is 11.3 Å². The summed E-state index contributed by atoms with van der Waals surface area (Å²) in [4.78, 5) is 39.0. The summed E-state index contributed by atoms with van der Waals surface area (Å²) in [5.41, 5.74) is -0.0621. The van der Waals surface area contributed by atoms with Crippen LogP contribution in [0.3, 0.4) is 0 Å². The summed E-state index contributed by atoms with van der Waals surface area (Å²) in [5.74, 6) is -0.735. The Morgan fingerprint density at radius 2 is 1.74 bits per heavy atom. The van der Waals surface area contributed by atoms with Gasteiger partial charge < -0.3 is 10.3 Å². The number of aromatic amines is 1. The van der Waals surface area contributed by atoms with Crippen molar-refractivity contribution in [1.29, 1.82) is 0 Å². The third kappa shape index (κ3) is 4.49. The van der Waals surface area contributed by atoms with Crippen molar-refractivity contribution in [2.45, 2.75) is 32.2 Å². The van der Waals surface area contributed by atoms with E-state index in [2.05, 4.69) is 10.3 Å². The number of amides is 1. The highest BCUT2D eigenvalue weighted by Crippen LogP contribution is 2.13. The van der Waals surface area contributed by atoms with Crippen LogP contribution in [0.25, 0.3) is 10.9 Å². The van der Waals surface area contributed by atoms with Gasteiger partial charge in [-0.3, -0.25) is 14.2 Å². The lowest BCUT2D eigenvalue weighted by atomic mass is 10.1. The van der Waals surface area contributed by atoms with Crippen molar-refractivity contribution in [2.24, 2.45) is 0 Å². The number of H-pyrrole nitrogens is 1. The summed E-state index contributed by atoms with van der Waals surface area (Å²) in [7, 11) is 0. The van der Waals surface area contributed by atoms with Gasteiger partial charge in [-0.2, -0.15) is 0 Å². The zero-order valence-electron chi connectivity index (χ0n) is 14.7. The Kier molecular flexibility index (Phi) is 5.80. The van der Waals surface area contributed by atoms with E-state index in [-0.39, 0.29) is 30.1 Å². The van der Waals surface area contributed by atoms with Gasteiger partial charge in [0.05, 0.1) is 16.6 Å². The summed E-state index contributed by atoms with van der Waals surface area (Å²) >= 11 is 0. The lowest BCUT2D eigenvalue weighted by Gasteiger charge is -2.07. The Labute approximate surface area is 154 Å². The van der Waals surface area contributed by atoms with Gasteiger partial charge in [0.15, 0.2) is 0 Å². The number of unbranched alkanes of at least 4 members (excludes halogenated alkanes) is 2. The van der Waals surface area contributed by atoms with Crippen molar-refractivity contribution in [2.75, 3.05) is 5.32 Å². The van der Waals surface area contributed by atoms with E-state index in [9.17, 15) is 18.8 Å². The molecule has 0 aliphatic rings. The van der Waals surface area contributed by atoms with Crippen LogP contribution in [0, 0.1) is 5.82 Å². The molecule has 27 heavy (non-hydrogen) atoms. The number of rotatable bonds is 7. The van der Waals surface area contributed by atoms with E-state index in [1.165, 1.54) is 16.7 Å². The number of aromatic nitrogens is 2. The maximum absolute atomic E-state index is 13.5. The molecule has 0 unspecified atom stereocenters. The Bertz CT molecular complexity index is 1070. The quantitative estimate of drug-likeness (QED) is 0.628. The molecule has 1 heterocycles. The smallest absolute Gasteiger partial charge is 0.324 e. The molecule has 1 amide bonds. The summed E-state index contributed by atoms with van der Waals surface area (Å²) < 4.78 is 14.7. The number of fused-ring (bicyclic) bond motifs is 1. The van der Waals surface area contributed by atoms with Crippen LogP contribution < -0.4 is 16.6 Å². The van der Waals surface area contributed by atoms with Gasteiger partial charge in [-0.1, -0.05) is 30.7 Å². The Morgan fingerprint density at radius 1 is 1.00 bits per heavy atom. The molecule has 140 valence electrons. The number of carbonyl (C=O) groups excluding carboxylic acids is 1. The molecule has 0 saturated carbocycles. The molecular formula is C20H20FN3O3. The van der Waals surface area contributed by atoms with Gasteiger partial charge in [0, 0.05) is 13.0 Å².